The molecular weight excluding hydrogens is 386 g/mol. The molecule has 0 saturated carbocycles. The molecule has 3 rings (SSSR count). The molecule has 7 heteroatoms. The van der Waals surface area contributed by atoms with Crippen LogP contribution in [-0.4, -0.2) is 55.5 Å². The van der Waals surface area contributed by atoms with Gasteiger partial charge in [-0.05, 0) is 49.6 Å². The summed E-state index contributed by atoms with van der Waals surface area (Å²) in [6.45, 7) is 8.76. The highest BCUT2D eigenvalue weighted by atomic mass is 32.2. The number of sulfonamides is 1. The van der Waals surface area contributed by atoms with Gasteiger partial charge in [0.25, 0.3) is 5.91 Å². The van der Waals surface area contributed by atoms with Gasteiger partial charge in [0.05, 0.1) is 5.75 Å². The van der Waals surface area contributed by atoms with Crippen molar-refractivity contribution in [1.29, 1.82) is 0 Å². The van der Waals surface area contributed by atoms with Crippen molar-refractivity contribution in [2.24, 2.45) is 0 Å². The summed E-state index contributed by atoms with van der Waals surface area (Å²) in [7, 11) is -3.12. The van der Waals surface area contributed by atoms with Crippen LogP contribution in [0, 0.1) is 13.8 Å². The maximum Gasteiger partial charge on any atom is 0.255 e. The van der Waals surface area contributed by atoms with E-state index in [0.717, 1.165) is 22.4 Å². The number of rotatable bonds is 6. The van der Waals surface area contributed by atoms with Crippen molar-refractivity contribution in [2.75, 3.05) is 37.2 Å². The van der Waals surface area contributed by atoms with Gasteiger partial charge in [0.1, 0.15) is 0 Å². The highest BCUT2D eigenvalue weighted by Crippen LogP contribution is 2.21. The minimum atomic E-state index is -3.12. The maximum atomic E-state index is 12.8. The van der Waals surface area contributed by atoms with E-state index in [-0.39, 0.29) is 11.7 Å². The zero-order chi connectivity index (χ0) is 21.0. The summed E-state index contributed by atoms with van der Waals surface area (Å²) in [5.74, 6) is 0.0213. The number of piperazine rings is 1. The number of hydrogen-bond acceptors (Lipinski definition) is 4. The van der Waals surface area contributed by atoms with E-state index in [0.29, 0.717) is 38.3 Å². The lowest BCUT2D eigenvalue weighted by Crippen LogP contribution is -2.48. The molecule has 0 atom stereocenters. The van der Waals surface area contributed by atoms with Crippen LogP contribution >= 0.6 is 0 Å². The highest BCUT2D eigenvalue weighted by molar-refractivity contribution is 7.89. The molecule has 0 aromatic heterocycles. The molecule has 2 aromatic rings. The lowest BCUT2D eigenvalue weighted by atomic mass is 10.1. The predicted molar refractivity (Wildman–Crippen MR) is 117 cm³/mol. The van der Waals surface area contributed by atoms with E-state index in [1.54, 1.807) is 11.2 Å². The Hall–Kier alpha value is -2.22. The fourth-order valence-electron chi connectivity index (χ4n) is 3.61. The van der Waals surface area contributed by atoms with Crippen molar-refractivity contribution in [3.63, 3.8) is 0 Å². The van der Waals surface area contributed by atoms with Crippen molar-refractivity contribution < 1.29 is 13.2 Å². The molecule has 1 N–H and O–H groups in total. The summed E-state index contributed by atoms with van der Waals surface area (Å²) in [5.41, 5.74) is 4.60. The lowest BCUT2D eigenvalue weighted by molar-refractivity contribution is 0.102. The second-order valence-electron chi connectivity index (χ2n) is 7.50. The number of carbonyl (C=O) groups is 1. The van der Waals surface area contributed by atoms with Crippen molar-refractivity contribution in [3.05, 3.63) is 64.7 Å². The van der Waals surface area contributed by atoms with Crippen molar-refractivity contribution in [2.45, 2.75) is 27.3 Å². The number of aryl methyl sites for hydroxylation is 2. The first-order chi connectivity index (χ1) is 13.8. The van der Waals surface area contributed by atoms with Crippen LogP contribution in [0.1, 0.15) is 34.0 Å². The Morgan fingerprint density at radius 3 is 2.24 bits per heavy atom. The number of anilines is 1. The lowest BCUT2D eigenvalue weighted by Gasteiger charge is -2.33. The second-order valence-corrected chi connectivity index (χ2v) is 9.75. The highest BCUT2D eigenvalue weighted by Gasteiger charge is 2.25. The number of nitrogens with one attached hydrogen (secondary N) is 1. The second kappa shape index (κ2) is 9.07. The van der Waals surface area contributed by atoms with Crippen LogP contribution in [0.3, 0.4) is 0 Å². The molecule has 0 spiro atoms. The SMILES string of the molecule is CCS(=O)(=O)N1CCN(Cc2cccc(C(=O)Nc3c(C)cccc3C)c2)CC1. The third kappa shape index (κ3) is 5.23. The fraction of sp³-hybridized carbons (Fsp3) is 0.409. The zero-order valence-electron chi connectivity index (χ0n) is 17.3. The van der Waals surface area contributed by atoms with Crippen LogP contribution in [-0.2, 0) is 16.6 Å². The fourth-order valence-corrected chi connectivity index (χ4v) is 4.70. The molecule has 1 heterocycles. The monoisotopic (exact) mass is 415 g/mol. The van der Waals surface area contributed by atoms with E-state index in [1.165, 1.54) is 0 Å². The van der Waals surface area contributed by atoms with Gasteiger partial charge in [-0.25, -0.2) is 8.42 Å². The Balaban J connectivity index is 1.64. The zero-order valence-corrected chi connectivity index (χ0v) is 18.1. The van der Waals surface area contributed by atoms with Gasteiger partial charge in [-0.2, -0.15) is 4.31 Å². The number of carbonyl (C=O) groups excluding carboxylic acids is 1. The van der Waals surface area contributed by atoms with Gasteiger partial charge >= 0.3 is 0 Å². The molecule has 0 radical (unpaired) electrons. The number of benzene rings is 2. The summed E-state index contributed by atoms with van der Waals surface area (Å²) in [6.07, 6.45) is 0. The normalized spacial score (nSPS) is 16.0. The third-order valence-corrected chi connectivity index (χ3v) is 7.29. The molecule has 0 unspecified atom stereocenters. The molecule has 0 aliphatic carbocycles. The topological polar surface area (TPSA) is 69.7 Å². The van der Waals surface area contributed by atoms with E-state index in [2.05, 4.69) is 10.2 Å². The van der Waals surface area contributed by atoms with Crippen LogP contribution in [0.15, 0.2) is 42.5 Å². The van der Waals surface area contributed by atoms with Gasteiger partial charge in [-0.3, -0.25) is 9.69 Å². The molecule has 29 heavy (non-hydrogen) atoms. The van der Waals surface area contributed by atoms with Gasteiger partial charge in [-0.15, -0.1) is 0 Å². The van der Waals surface area contributed by atoms with Gasteiger partial charge < -0.3 is 5.32 Å². The van der Waals surface area contributed by atoms with Gasteiger partial charge in [0.2, 0.25) is 10.0 Å². The standard InChI is InChI=1S/C22H29N3O3S/c1-4-29(27,28)25-13-11-24(12-14-25)16-19-9-6-10-20(15-19)22(26)23-21-17(2)7-5-8-18(21)3/h5-10,15H,4,11-14,16H2,1-3H3,(H,23,26). The number of para-hydroxylation sites is 1. The molecular formula is C22H29N3O3S. The average Bonchev–Trinajstić information content (AvgIpc) is 2.71. The van der Waals surface area contributed by atoms with Gasteiger partial charge in [-0.1, -0.05) is 30.3 Å². The first-order valence-corrected chi connectivity index (χ1v) is 11.6. The average molecular weight is 416 g/mol. The van der Waals surface area contributed by atoms with Crippen LogP contribution in [0.2, 0.25) is 0 Å². The minimum Gasteiger partial charge on any atom is -0.322 e. The first-order valence-electron chi connectivity index (χ1n) is 9.97. The Morgan fingerprint density at radius 1 is 1.00 bits per heavy atom. The maximum absolute atomic E-state index is 12.8. The Kier molecular flexibility index (Phi) is 6.72. The molecule has 1 aliphatic heterocycles. The quantitative estimate of drug-likeness (QED) is 0.787. The molecule has 6 nitrogen and oxygen atoms in total. The van der Waals surface area contributed by atoms with Gasteiger partial charge in [0.15, 0.2) is 0 Å². The van der Waals surface area contributed by atoms with Crippen LogP contribution in [0.5, 0.6) is 0 Å². The van der Waals surface area contributed by atoms with E-state index >= 15 is 0 Å². The van der Waals surface area contributed by atoms with Crippen LogP contribution in [0.25, 0.3) is 0 Å². The van der Waals surface area contributed by atoms with Crippen LogP contribution < -0.4 is 5.32 Å². The van der Waals surface area contributed by atoms with Crippen molar-refractivity contribution in [3.8, 4) is 0 Å². The van der Waals surface area contributed by atoms with Gasteiger partial charge in [0, 0.05) is 44.0 Å². The van der Waals surface area contributed by atoms with Crippen molar-refractivity contribution in [1.82, 2.24) is 9.21 Å². The number of amides is 1. The smallest absolute Gasteiger partial charge is 0.255 e. The van der Waals surface area contributed by atoms with Crippen molar-refractivity contribution >= 4 is 21.6 Å². The molecule has 156 valence electrons. The summed E-state index contributed by atoms with van der Waals surface area (Å²) in [6, 6.07) is 13.6. The largest absolute Gasteiger partial charge is 0.322 e. The summed E-state index contributed by atoms with van der Waals surface area (Å²) in [5, 5.41) is 3.03. The molecule has 2 aromatic carbocycles. The Morgan fingerprint density at radius 2 is 1.62 bits per heavy atom. The van der Waals surface area contributed by atoms with E-state index in [9.17, 15) is 13.2 Å². The molecule has 0 bridgehead atoms. The minimum absolute atomic E-state index is 0.122. The first kappa shape index (κ1) is 21.5. The number of nitrogens with zero attached hydrogens (tertiary/aromatic N) is 2. The predicted octanol–water partition coefficient (Wildman–Crippen LogP) is 3.02. The molecule has 1 aliphatic rings. The molecule has 1 saturated heterocycles. The van der Waals surface area contributed by atoms with Crippen LogP contribution in [0.4, 0.5) is 5.69 Å². The molecule has 1 amide bonds. The number of hydrogen-bond donors (Lipinski definition) is 1. The summed E-state index contributed by atoms with van der Waals surface area (Å²) >= 11 is 0. The van der Waals surface area contributed by atoms with E-state index < -0.39 is 10.0 Å². The summed E-state index contributed by atoms with van der Waals surface area (Å²) in [4.78, 5) is 15.0. The third-order valence-electron chi connectivity index (χ3n) is 5.40. The van der Waals surface area contributed by atoms with E-state index in [1.807, 2.05) is 56.3 Å². The molecule has 1 fully saturated rings. The summed E-state index contributed by atoms with van der Waals surface area (Å²) < 4.78 is 25.6. The Labute approximate surface area is 173 Å². The van der Waals surface area contributed by atoms with E-state index in [4.69, 9.17) is 0 Å². The Bertz CT molecular complexity index is 960.